The van der Waals surface area contributed by atoms with E-state index in [0.29, 0.717) is 35.2 Å². The minimum atomic E-state index is -0.690. The van der Waals surface area contributed by atoms with Crippen molar-refractivity contribution in [2.45, 2.75) is 58.2 Å². The van der Waals surface area contributed by atoms with Gasteiger partial charge in [-0.3, -0.25) is 9.59 Å². The van der Waals surface area contributed by atoms with Gasteiger partial charge in [-0.25, -0.2) is 0 Å². The lowest BCUT2D eigenvalue weighted by molar-refractivity contribution is -0.142. The molecule has 7 heteroatoms. The van der Waals surface area contributed by atoms with Crippen molar-refractivity contribution in [2.75, 3.05) is 6.61 Å². The molecule has 1 atom stereocenters. The lowest BCUT2D eigenvalue weighted by Crippen LogP contribution is -2.54. The predicted molar refractivity (Wildman–Crippen MR) is 150 cm³/mol. The number of hydrogen-bond donors (Lipinski definition) is 1. The van der Waals surface area contributed by atoms with E-state index in [2.05, 4.69) is 5.32 Å². The first-order chi connectivity index (χ1) is 17.6. The molecule has 0 saturated carbocycles. The number of rotatable bonds is 11. The number of nitrogens with one attached hydrogen (secondary N) is 1. The standard InChI is InChI=1S/C30H34Cl2N2O3/c1-30(2,3)33-29(36)27(20-22-9-5-4-6-10-22)34(21-23-11-7-12-25(32)19-23)28(35)13-8-18-37-26-16-14-24(31)15-17-26/h4-7,9-12,14-17,19,27H,8,13,18,20-21H2,1-3H3,(H,33,36)/t27-/m1/s1. The summed E-state index contributed by atoms with van der Waals surface area (Å²) in [7, 11) is 0. The fourth-order valence-electron chi connectivity index (χ4n) is 3.93. The monoisotopic (exact) mass is 540 g/mol. The SMILES string of the molecule is CC(C)(C)NC(=O)[C@@H](Cc1ccccc1)N(Cc1cccc(Cl)c1)C(=O)CCCOc1ccc(Cl)cc1. The van der Waals surface area contributed by atoms with E-state index < -0.39 is 11.6 Å². The summed E-state index contributed by atoms with van der Waals surface area (Å²) in [5.74, 6) is 0.382. The third kappa shape index (κ3) is 9.75. The van der Waals surface area contributed by atoms with Crippen LogP contribution in [0.5, 0.6) is 5.75 Å². The zero-order valence-corrected chi connectivity index (χ0v) is 23.1. The van der Waals surface area contributed by atoms with Gasteiger partial charge in [0.2, 0.25) is 11.8 Å². The average molecular weight is 542 g/mol. The lowest BCUT2D eigenvalue weighted by atomic mass is 10.00. The Hall–Kier alpha value is -3.02. The van der Waals surface area contributed by atoms with E-state index >= 15 is 0 Å². The summed E-state index contributed by atoms with van der Waals surface area (Å²) < 4.78 is 5.77. The van der Waals surface area contributed by atoms with Gasteiger partial charge in [0.1, 0.15) is 11.8 Å². The van der Waals surface area contributed by atoms with Gasteiger partial charge in [0, 0.05) is 35.0 Å². The summed E-state index contributed by atoms with van der Waals surface area (Å²) >= 11 is 12.2. The van der Waals surface area contributed by atoms with Crippen LogP contribution in [-0.2, 0) is 22.6 Å². The van der Waals surface area contributed by atoms with Crippen LogP contribution in [-0.4, -0.2) is 34.9 Å². The summed E-state index contributed by atoms with van der Waals surface area (Å²) in [5, 5.41) is 4.29. The summed E-state index contributed by atoms with van der Waals surface area (Å²) in [4.78, 5) is 28.8. The van der Waals surface area contributed by atoms with Gasteiger partial charge < -0.3 is 15.0 Å². The van der Waals surface area contributed by atoms with E-state index in [1.165, 1.54) is 0 Å². The van der Waals surface area contributed by atoms with Crippen molar-refractivity contribution in [3.8, 4) is 5.75 Å². The van der Waals surface area contributed by atoms with Crippen molar-refractivity contribution in [1.29, 1.82) is 0 Å². The second kappa shape index (κ2) is 13.5. The van der Waals surface area contributed by atoms with Gasteiger partial charge in [-0.2, -0.15) is 0 Å². The summed E-state index contributed by atoms with van der Waals surface area (Å²) in [6.45, 7) is 6.44. The van der Waals surface area contributed by atoms with Crippen LogP contribution in [0.1, 0.15) is 44.7 Å². The third-order valence-corrected chi connectivity index (χ3v) is 6.12. The molecule has 37 heavy (non-hydrogen) atoms. The van der Waals surface area contributed by atoms with Gasteiger partial charge in [0.05, 0.1) is 6.61 Å². The van der Waals surface area contributed by atoms with Crippen molar-refractivity contribution >= 4 is 35.0 Å². The van der Waals surface area contributed by atoms with Crippen molar-refractivity contribution in [2.24, 2.45) is 0 Å². The molecule has 0 saturated heterocycles. The van der Waals surface area contributed by atoms with Gasteiger partial charge >= 0.3 is 0 Å². The fourth-order valence-corrected chi connectivity index (χ4v) is 4.27. The Bertz CT molecular complexity index is 1160. The first-order valence-corrected chi connectivity index (χ1v) is 13.1. The largest absolute Gasteiger partial charge is 0.494 e. The van der Waals surface area contributed by atoms with Crippen molar-refractivity contribution in [1.82, 2.24) is 10.2 Å². The highest BCUT2D eigenvalue weighted by Gasteiger charge is 2.32. The smallest absolute Gasteiger partial charge is 0.243 e. The molecule has 3 rings (SSSR count). The van der Waals surface area contributed by atoms with Crippen LogP contribution in [0.15, 0.2) is 78.9 Å². The Labute approximate surface area is 229 Å². The molecule has 0 aliphatic carbocycles. The molecule has 196 valence electrons. The van der Waals surface area contributed by atoms with Crippen LogP contribution >= 0.6 is 23.2 Å². The van der Waals surface area contributed by atoms with Crippen molar-refractivity contribution in [3.63, 3.8) is 0 Å². The molecule has 0 heterocycles. The van der Waals surface area contributed by atoms with Crippen LogP contribution in [0.4, 0.5) is 0 Å². The Morgan fingerprint density at radius 3 is 2.22 bits per heavy atom. The summed E-state index contributed by atoms with van der Waals surface area (Å²) in [6.07, 6.45) is 1.14. The highest BCUT2D eigenvalue weighted by molar-refractivity contribution is 6.30. The molecule has 0 unspecified atom stereocenters. The highest BCUT2D eigenvalue weighted by atomic mass is 35.5. The maximum absolute atomic E-state index is 13.6. The van der Waals surface area contributed by atoms with Crippen molar-refractivity contribution < 1.29 is 14.3 Å². The Balaban J connectivity index is 1.81. The molecule has 0 bridgehead atoms. The van der Waals surface area contributed by atoms with Gasteiger partial charge in [0.25, 0.3) is 0 Å². The lowest BCUT2D eigenvalue weighted by Gasteiger charge is -2.34. The van der Waals surface area contributed by atoms with Crippen LogP contribution in [0, 0.1) is 0 Å². The molecule has 3 aromatic carbocycles. The molecular formula is C30H34Cl2N2O3. The van der Waals surface area contributed by atoms with Crippen LogP contribution in [0.25, 0.3) is 0 Å². The number of ether oxygens (including phenoxy) is 1. The number of hydrogen-bond acceptors (Lipinski definition) is 3. The van der Waals surface area contributed by atoms with Crippen molar-refractivity contribution in [3.05, 3.63) is 100 Å². The number of carbonyl (C=O) groups is 2. The number of amides is 2. The van der Waals surface area contributed by atoms with Crippen LogP contribution in [0.3, 0.4) is 0 Å². The number of halogens is 2. The molecule has 0 aromatic heterocycles. The molecule has 0 spiro atoms. The Kier molecular flexibility index (Phi) is 10.4. The molecule has 0 fully saturated rings. The number of carbonyl (C=O) groups excluding carboxylic acids is 2. The summed E-state index contributed by atoms with van der Waals surface area (Å²) in [5.41, 5.74) is 1.40. The van der Waals surface area contributed by atoms with Gasteiger partial charge in [-0.05, 0) is 74.7 Å². The topological polar surface area (TPSA) is 58.6 Å². The van der Waals surface area contributed by atoms with Gasteiger partial charge in [-0.15, -0.1) is 0 Å². The molecule has 0 radical (unpaired) electrons. The second-order valence-corrected chi connectivity index (χ2v) is 10.9. The summed E-state index contributed by atoms with van der Waals surface area (Å²) in [6, 6.07) is 23.5. The van der Waals surface area contributed by atoms with E-state index in [1.807, 2.05) is 69.3 Å². The zero-order valence-electron chi connectivity index (χ0n) is 21.5. The maximum Gasteiger partial charge on any atom is 0.243 e. The minimum Gasteiger partial charge on any atom is -0.494 e. The van der Waals surface area contributed by atoms with E-state index in [4.69, 9.17) is 27.9 Å². The first-order valence-electron chi connectivity index (χ1n) is 12.4. The quantitative estimate of drug-likeness (QED) is 0.275. The minimum absolute atomic E-state index is 0.121. The van der Waals surface area contributed by atoms with Crippen LogP contribution in [0.2, 0.25) is 10.0 Å². The number of nitrogens with zero attached hydrogens (tertiary/aromatic N) is 1. The molecule has 0 aliphatic heterocycles. The normalized spacial score (nSPS) is 12.0. The van der Waals surface area contributed by atoms with Crippen LogP contribution < -0.4 is 10.1 Å². The molecule has 3 aromatic rings. The molecule has 0 aliphatic rings. The molecule has 2 amide bonds. The van der Waals surface area contributed by atoms with E-state index in [9.17, 15) is 9.59 Å². The third-order valence-electron chi connectivity index (χ3n) is 5.63. The fraction of sp³-hybridized carbons (Fsp3) is 0.333. The first kappa shape index (κ1) is 28.5. The zero-order chi connectivity index (χ0) is 26.8. The van der Waals surface area contributed by atoms with E-state index in [-0.39, 0.29) is 24.8 Å². The van der Waals surface area contributed by atoms with E-state index in [0.717, 1.165) is 11.1 Å². The Morgan fingerprint density at radius 1 is 0.892 bits per heavy atom. The molecule has 1 N–H and O–H groups in total. The predicted octanol–water partition coefficient (Wildman–Crippen LogP) is 6.71. The molecule has 5 nitrogen and oxygen atoms in total. The molecular weight excluding hydrogens is 507 g/mol. The maximum atomic E-state index is 13.6. The van der Waals surface area contributed by atoms with E-state index in [1.54, 1.807) is 35.2 Å². The van der Waals surface area contributed by atoms with Gasteiger partial charge in [0.15, 0.2) is 0 Å². The number of benzene rings is 3. The average Bonchev–Trinajstić information content (AvgIpc) is 2.84. The highest BCUT2D eigenvalue weighted by Crippen LogP contribution is 2.20. The second-order valence-electron chi connectivity index (χ2n) is 10.0. The van der Waals surface area contributed by atoms with Gasteiger partial charge in [-0.1, -0.05) is 65.7 Å². The Morgan fingerprint density at radius 2 is 1.57 bits per heavy atom.